The van der Waals surface area contributed by atoms with E-state index in [1.165, 1.54) is 9.79 Å². The minimum atomic E-state index is 0.738. The van der Waals surface area contributed by atoms with E-state index in [0.717, 1.165) is 27.8 Å². The molecule has 0 amide bonds. The van der Waals surface area contributed by atoms with Gasteiger partial charge in [0.25, 0.3) is 0 Å². The first-order chi connectivity index (χ1) is 11.3. The van der Waals surface area contributed by atoms with Gasteiger partial charge in [0, 0.05) is 20.5 Å². The van der Waals surface area contributed by atoms with E-state index in [1.54, 1.807) is 18.9 Å². The average molecular weight is 340 g/mol. The van der Waals surface area contributed by atoms with Crippen LogP contribution < -0.4 is 9.64 Å². The van der Waals surface area contributed by atoms with Crippen LogP contribution in [0.2, 0.25) is 5.02 Å². The van der Waals surface area contributed by atoms with Crippen LogP contribution in [0.3, 0.4) is 0 Å². The molecule has 1 aliphatic rings. The maximum Gasteiger partial charge on any atom is 0.119 e. The minimum absolute atomic E-state index is 0.738. The Morgan fingerprint density at radius 1 is 0.870 bits per heavy atom. The third kappa shape index (κ3) is 2.56. The Morgan fingerprint density at radius 3 is 2.39 bits per heavy atom. The van der Waals surface area contributed by atoms with Gasteiger partial charge in [0.15, 0.2) is 0 Å². The molecule has 0 atom stereocenters. The number of hydrogen-bond donors (Lipinski definition) is 0. The van der Waals surface area contributed by atoms with Crippen LogP contribution in [0, 0.1) is 0 Å². The minimum Gasteiger partial charge on any atom is -0.497 e. The van der Waals surface area contributed by atoms with Crippen molar-refractivity contribution in [3.8, 4) is 5.75 Å². The topological polar surface area (TPSA) is 12.5 Å². The molecule has 23 heavy (non-hydrogen) atoms. The molecule has 1 aliphatic heterocycles. The Balaban J connectivity index is 1.91. The molecule has 3 aromatic carbocycles. The SMILES string of the molecule is COc1ccc(N2c3ccccc3Sc3ccc(Cl)cc32)cc1. The van der Waals surface area contributed by atoms with E-state index in [0.29, 0.717) is 0 Å². The van der Waals surface area contributed by atoms with Gasteiger partial charge in [0.1, 0.15) is 5.75 Å². The van der Waals surface area contributed by atoms with Crippen molar-refractivity contribution in [2.45, 2.75) is 9.79 Å². The molecule has 4 heteroatoms. The van der Waals surface area contributed by atoms with E-state index in [1.807, 2.05) is 24.3 Å². The summed E-state index contributed by atoms with van der Waals surface area (Å²) in [5.41, 5.74) is 3.35. The molecule has 0 spiro atoms. The van der Waals surface area contributed by atoms with E-state index in [9.17, 15) is 0 Å². The second-order valence-corrected chi connectivity index (χ2v) is 6.74. The first kappa shape index (κ1) is 14.5. The number of nitrogens with zero attached hydrogens (tertiary/aromatic N) is 1. The van der Waals surface area contributed by atoms with Crippen molar-refractivity contribution < 1.29 is 4.74 Å². The molecule has 4 rings (SSSR count). The molecule has 1 heterocycles. The molecule has 0 saturated carbocycles. The highest BCUT2D eigenvalue weighted by molar-refractivity contribution is 7.99. The van der Waals surface area contributed by atoms with Crippen LogP contribution in [0.1, 0.15) is 0 Å². The van der Waals surface area contributed by atoms with Gasteiger partial charge in [-0.05, 0) is 54.6 Å². The Kier molecular flexibility index (Phi) is 3.68. The highest BCUT2D eigenvalue weighted by Gasteiger charge is 2.24. The van der Waals surface area contributed by atoms with Crippen LogP contribution in [-0.4, -0.2) is 7.11 Å². The largest absolute Gasteiger partial charge is 0.497 e. The molecule has 0 aliphatic carbocycles. The maximum absolute atomic E-state index is 6.25. The Morgan fingerprint density at radius 2 is 1.61 bits per heavy atom. The number of hydrogen-bond acceptors (Lipinski definition) is 3. The van der Waals surface area contributed by atoms with E-state index in [4.69, 9.17) is 16.3 Å². The van der Waals surface area contributed by atoms with Gasteiger partial charge in [0.05, 0.1) is 18.5 Å². The fraction of sp³-hybridized carbons (Fsp3) is 0.0526. The van der Waals surface area contributed by atoms with Crippen LogP contribution in [0.15, 0.2) is 76.5 Å². The molecule has 2 nitrogen and oxygen atoms in total. The summed E-state index contributed by atoms with van der Waals surface area (Å²) in [4.78, 5) is 4.68. The summed E-state index contributed by atoms with van der Waals surface area (Å²) in [5.74, 6) is 0.847. The number of para-hydroxylation sites is 1. The molecule has 0 radical (unpaired) electrons. The molecular weight excluding hydrogens is 326 g/mol. The van der Waals surface area contributed by atoms with E-state index < -0.39 is 0 Å². The predicted molar refractivity (Wildman–Crippen MR) is 96.8 cm³/mol. The van der Waals surface area contributed by atoms with Crippen molar-refractivity contribution >= 4 is 40.4 Å². The van der Waals surface area contributed by atoms with Gasteiger partial charge in [-0.3, -0.25) is 0 Å². The van der Waals surface area contributed by atoms with Crippen molar-refractivity contribution in [1.82, 2.24) is 0 Å². The van der Waals surface area contributed by atoms with E-state index in [-0.39, 0.29) is 0 Å². The summed E-state index contributed by atoms with van der Waals surface area (Å²) in [6.07, 6.45) is 0. The monoisotopic (exact) mass is 339 g/mol. The molecule has 3 aromatic rings. The number of rotatable bonds is 2. The molecule has 0 saturated heterocycles. The van der Waals surface area contributed by atoms with Crippen molar-refractivity contribution in [2.75, 3.05) is 12.0 Å². The van der Waals surface area contributed by atoms with Crippen molar-refractivity contribution in [1.29, 1.82) is 0 Å². The second-order valence-electron chi connectivity index (χ2n) is 5.22. The zero-order valence-electron chi connectivity index (χ0n) is 12.5. The van der Waals surface area contributed by atoms with Crippen molar-refractivity contribution in [3.05, 3.63) is 71.8 Å². The van der Waals surface area contributed by atoms with Crippen molar-refractivity contribution in [2.24, 2.45) is 0 Å². The predicted octanol–water partition coefficient (Wildman–Crippen LogP) is 6.28. The van der Waals surface area contributed by atoms with Gasteiger partial charge in [-0.1, -0.05) is 35.5 Å². The first-order valence-electron chi connectivity index (χ1n) is 7.27. The fourth-order valence-corrected chi connectivity index (χ4v) is 3.94. The number of fused-ring (bicyclic) bond motifs is 2. The van der Waals surface area contributed by atoms with Crippen LogP contribution in [0.4, 0.5) is 17.1 Å². The number of ether oxygens (including phenoxy) is 1. The summed E-state index contributed by atoms with van der Waals surface area (Å²) >= 11 is 8.02. The molecule has 0 aromatic heterocycles. The number of halogens is 1. The third-order valence-corrected chi connectivity index (χ3v) is 5.18. The zero-order chi connectivity index (χ0) is 15.8. The highest BCUT2D eigenvalue weighted by Crippen LogP contribution is 2.51. The van der Waals surface area contributed by atoms with Gasteiger partial charge in [-0.2, -0.15) is 0 Å². The number of methoxy groups -OCH3 is 1. The Labute approximate surface area is 144 Å². The normalized spacial score (nSPS) is 12.5. The van der Waals surface area contributed by atoms with E-state index >= 15 is 0 Å². The zero-order valence-corrected chi connectivity index (χ0v) is 14.1. The molecule has 0 bridgehead atoms. The van der Waals surface area contributed by atoms with Gasteiger partial charge in [-0.25, -0.2) is 0 Å². The lowest BCUT2D eigenvalue weighted by Gasteiger charge is -2.33. The van der Waals surface area contributed by atoms with Gasteiger partial charge in [0.2, 0.25) is 0 Å². The quantitative estimate of drug-likeness (QED) is 0.426. The lowest BCUT2D eigenvalue weighted by atomic mass is 10.2. The second kappa shape index (κ2) is 5.84. The molecule has 114 valence electrons. The molecule has 0 unspecified atom stereocenters. The lowest BCUT2D eigenvalue weighted by molar-refractivity contribution is 0.415. The highest BCUT2D eigenvalue weighted by atomic mass is 35.5. The standard InChI is InChI=1S/C19H14ClNOS/c1-22-15-9-7-14(8-10-15)21-16-4-2-3-5-18(16)23-19-11-6-13(20)12-17(19)21/h2-12H,1H3. The summed E-state index contributed by atoms with van der Waals surface area (Å²) in [6, 6.07) is 22.5. The fourth-order valence-electron chi connectivity index (χ4n) is 2.74. The summed E-state index contributed by atoms with van der Waals surface area (Å²) in [6.45, 7) is 0. The first-order valence-corrected chi connectivity index (χ1v) is 8.46. The van der Waals surface area contributed by atoms with E-state index in [2.05, 4.69) is 47.4 Å². The summed E-state index contributed by atoms with van der Waals surface area (Å²) in [5, 5.41) is 0.738. The lowest BCUT2D eigenvalue weighted by Crippen LogP contribution is -2.14. The van der Waals surface area contributed by atoms with Gasteiger partial charge in [-0.15, -0.1) is 0 Å². The summed E-state index contributed by atoms with van der Waals surface area (Å²) in [7, 11) is 1.68. The number of anilines is 3. The molecule has 0 N–H and O–H groups in total. The third-order valence-electron chi connectivity index (χ3n) is 3.82. The molecule has 0 fully saturated rings. The van der Waals surface area contributed by atoms with Crippen LogP contribution in [0.25, 0.3) is 0 Å². The Bertz CT molecular complexity index is 863. The van der Waals surface area contributed by atoms with Crippen molar-refractivity contribution in [3.63, 3.8) is 0 Å². The number of benzene rings is 3. The Hall–Kier alpha value is -2.10. The molecular formula is C19H14ClNOS. The van der Waals surface area contributed by atoms with Crippen LogP contribution in [-0.2, 0) is 0 Å². The average Bonchev–Trinajstić information content (AvgIpc) is 2.60. The van der Waals surface area contributed by atoms with Gasteiger partial charge >= 0.3 is 0 Å². The maximum atomic E-state index is 6.25. The van der Waals surface area contributed by atoms with Crippen LogP contribution in [0.5, 0.6) is 5.75 Å². The van der Waals surface area contributed by atoms with Gasteiger partial charge < -0.3 is 9.64 Å². The van der Waals surface area contributed by atoms with Crippen LogP contribution >= 0.6 is 23.4 Å². The summed E-state index contributed by atoms with van der Waals surface area (Å²) < 4.78 is 5.27. The smallest absolute Gasteiger partial charge is 0.119 e.